The molecule has 6 nitrogen and oxygen atoms in total. The van der Waals surface area contributed by atoms with Crippen molar-refractivity contribution in [1.82, 2.24) is 20.2 Å². The standard InChI is InChI=1S/C13H20N4O2/c18-11-6-10(15-12(19)16-11)7-17-5-1-2-13(9-17)3-4-14-8-13/h6,14H,1-5,7-9H2,(H2,15,16,18,19)/t13-/m0/s1. The number of nitrogens with zero attached hydrogens (tertiary/aromatic N) is 1. The predicted molar refractivity (Wildman–Crippen MR) is 72.1 cm³/mol. The van der Waals surface area contributed by atoms with Crippen molar-refractivity contribution in [3.05, 3.63) is 32.6 Å². The van der Waals surface area contributed by atoms with Gasteiger partial charge >= 0.3 is 5.69 Å². The largest absolute Gasteiger partial charge is 0.325 e. The van der Waals surface area contributed by atoms with Gasteiger partial charge in [0.15, 0.2) is 0 Å². The van der Waals surface area contributed by atoms with Crippen LogP contribution in [0.2, 0.25) is 0 Å². The van der Waals surface area contributed by atoms with Gasteiger partial charge in [0.25, 0.3) is 5.56 Å². The van der Waals surface area contributed by atoms with Crippen LogP contribution in [0.5, 0.6) is 0 Å². The van der Waals surface area contributed by atoms with Crippen LogP contribution in [0, 0.1) is 5.41 Å². The van der Waals surface area contributed by atoms with Gasteiger partial charge in [0.05, 0.1) is 0 Å². The SMILES string of the molecule is O=c1cc(CN2CCC[C@@]3(CCNC3)C2)[nH]c(=O)[nH]1. The summed E-state index contributed by atoms with van der Waals surface area (Å²) in [6.07, 6.45) is 3.70. The smallest absolute Gasteiger partial charge is 0.316 e. The van der Waals surface area contributed by atoms with Gasteiger partial charge in [-0.05, 0) is 37.8 Å². The predicted octanol–water partition coefficient (Wildman–Crippen LogP) is -0.361. The van der Waals surface area contributed by atoms with Crippen LogP contribution in [-0.2, 0) is 6.54 Å². The van der Waals surface area contributed by atoms with Crippen LogP contribution in [0.4, 0.5) is 0 Å². The van der Waals surface area contributed by atoms with Gasteiger partial charge in [-0.1, -0.05) is 0 Å². The van der Waals surface area contributed by atoms with Gasteiger partial charge in [-0.25, -0.2) is 4.79 Å². The third kappa shape index (κ3) is 2.79. The Bertz CT molecular complexity index is 528. The summed E-state index contributed by atoms with van der Waals surface area (Å²) in [5.74, 6) is 0. The second kappa shape index (κ2) is 4.94. The fraction of sp³-hybridized carbons (Fsp3) is 0.692. The number of nitrogens with one attached hydrogen (secondary N) is 3. The number of likely N-dealkylation sites (tertiary alicyclic amines) is 1. The number of hydrogen-bond acceptors (Lipinski definition) is 4. The first kappa shape index (κ1) is 12.6. The van der Waals surface area contributed by atoms with Gasteiger partial charge in [-0.2, -0.15) is 0 Å². The highest BCUT2D eigenvalue weighted by atomic mass is 16.2. The van der Waals surface area contributed by atoms with E-state index in [1.807, 2.05) is 0 Å². The lowest BCUT2D eigenvalue weighted by atomic mass is 9.79. The second-order valence-corrected chi connectivity index (χ2v) is 5.85. The Morgan fingerprint density at radius 3 is 2.89 bits per heavy atom. The monoisotopic (exact) mass is 264 g/mol. The summed E-state index contributed by atoms with van der Waals surface area (Å²) in [6, 6.07) is 1.48. The Kier molecular flexibility index (Phi) is 3.28. The van der Waals surface area contributed by atoms with Gasteiger partial charge in [0.1, 0.15) is 0 Å². The van der Waals surface area contributed by atoms with Crippen molar-refractivity contribution in [1.29, 1.82) is 0 Å². The maximum Gasteiger partial charge on any atom is 0.325 e. The van der Waals surface area contributed by atoms with Gasteiger partial charge in [-0.3, -0.25) is 14.7 Å². The molecule has 0 aromatic carbocycles. The van der Waals surface area contributed by atoms with E-state index in [1.54, 1.807) is 0 Å². The molecular formula is C13H20N4O2. The highest BCUT2D eigenvalue weighted by Crippen LogP contribution is 2.35. The molecule has 2 fully saturated rings. The topological polar surface area (TPSA) is 81.0 Å². The molecule has 0 amide bonds. The van der Waals surface area contributed by atoms with Crippen molar-refractivity contribution in [3.63, 3.8) is 0 Å². The molecule has 3 N–H and O–H groups in total. The Balaban J connectivity index is 1.72. The van der Waals surface area contributed by atoms with Crippen LogP contribution >= 0.6 is 0 Å². The maximum atomic E-state index is 11.3. The van der Waals surface area contributed by atoms with Crippen molar-refractivity contribution in [3.8, 4) is 0 Å². The highest BCUT2D eigenvalue weighted by molar-refractivity contribution is 5.00. The Hall–Kier alpha value is -1.40. The van der Waals surface area contributed by atoms with Crippen LogP contribution in [0.25, 0.3) is 0 Å². The van der Waals surface area contributed by atoms with E-state index in [0.29, 0.717) is 17.7 Å². The minimum atomic E-state index is -0.420. The average Bonchev–Trinajstić information content (AvgIpc) is 2.76. The molecular weight excluding hydrogens is 244 g/mol. The second-order valence-electron chi connectivity index (χ2n) is 5.85. The van der Waals surface area contributed by atoms with Gasteiger partial charge in [0.2, 0.25) is 0 Å². The van der Waals surface area contributed by atoms with Crippen LogP contribution in [-0.4, -0.2) is 41.0 Å². The minimum absolute atomic E-state index is 0.326. The third-order valence-electron chi connectivity index (χ3n) is 4.28. The summed E-state index contributed by atoms with van der Waals surface area (Å²) in [5.41, 5.74) is 0.362. The summed E-state index contributed by atoms with van der Waals surface area (Å²) < 4.78 is 0. The van der Waals surface area contributed by atoms with E-state index >= 15 is 0 Å². The molecule has 1 aromatic heterocycles. The van der Waals surface area contributed by atoms with E-state index in [0.717, 1.165) is 26.2 Å². The molecule has 6 heteroatoms. The maximum absolute atomic E-state index is 11.3. The van der Waals surface area contributed by atoms with Crippen LogP contribution < -0.4 is 16.6 Å². The van der Waals surface area contributed by atoms with Crippen molar-refractivity contribution < 1.29 is 0 Å². The summed E-state index contributed by atoms with van der Waals surface area (Å²) in [6.45, 7) is 4.94. The number of aromatic amines is 2. The fourth-order valence-electron chi connectivity index (χ4n) is 3.43. The Morgan fingerprint density at radius 1 is 1.26 bits per heavy atom. The summed E-state index contributed by atoms with van der Waals surface area (Å²) >= 11 is 0. The van der Waals surface area contributed by atoms with Crippen molar-refractivity contribution in [2.75, 3.05) is 26.2 Å². The number of aromatic nitrogens is 2. The molecule has 0 aliphatic carbocycles. The molecule has 1 atom stereocenters. The lowest BCUT2D eigenvalue weighted by Crippen LogP contribution is -2.44. The Morgan fingerprint density at radius 2 is 2.16 bits per heavy atom. The van der Waals surface area contributed by atoms with Crippen molar-refractivity contribution >= 4 is 0 Å². The van der Waals surface area contributed by atoms with Gasteiger partial charge < -0.3 is 10.3 Å². The first-order valence-electron chi connectivity index (χ1n) is 6.91. The molecule has 19 heavy (non-hydrogen) atoms. The molecule has 0 bridgehead atoms. The quantitative estimate of drug-likeness (QED) is 0.681. The molecule has 1 aromatic rings. The van der Waals surface area contributed by atoms with Gasteiger partial charge in [0, 0.05) is 31.4 Å². The summed E-state index contributed by atoms with van der Waals surface area (Å²) in [7, 11) is 0. The number of rotatable bonds is 2. The van der Waals surface area contributed by atoms with E-state index in [-0.39, 0.29) is 5.56 Å². The number of H-pyrrole nitrogens is 2. The molecule has 1 spiro atoms. The fourth-order valence-corrected chi connectivity index (χ4v) is 3.43. The van der Waals surface area contributed by atoms with Crippen molar-refractivity contribution in [2.45, 2.75) is 25.8 Å². The van der Waals surface area contributed by atoms with E-state index in [9.17, 15) is 9.59 Å². The normalized spacial score (nSPS) is 28.0. The molecule has 0 radical (unpaired) electrons. The van der Waals surface area contributed by atoms with Gasteiger partial charge in [-0.15, -0.1) is 0 Å². The van der Waals surface area contributed by atoms with Crippen molar-refractivity contribution in [2.24, 2.45) is 5.41 Å². The van der Waals surface area contributed by atoms with E-state index in [1.165, 1.54) is 25.3 Å². The van der Waals surface area contributed by atoms with E-state index in [4.69, 9.17) is 0 Å². The minimum Gasteiger partial charge on any atom is -0.316 e. The highest BCUT2D eigenvalue weighted by Gasteiger charge is 2.37. The third-order valence-corrected chi connectivity index (χ3v) is 4.28. The summed E-state index contributed by atoms with van der Waals surface area (Å²) in [5, 5.41) is 3.45. The average molecular weight is 264 g/mol. The van der Waals surface area contributed by atoms with Crippen LogP contribution in [0.15, 0.2) is 15.7 Å². The Labute approximate surface area is 111 Å². The number of hydrogen-bond donors (Lipinski definition) is 3. The lowest BCUT2D eigenvalue weighted by Gasteiger charge is -2.39. The molecule has 3 rings (SSSR count). The molecule has 0 saturated carbocycles. The van der Waals surface area contributed by atoms with E-state index in [2.05, 4.69) is 20.2 Å². The molecule has 104 valence electrons. The first-order chi connectivity index (χ1) is 9.15. The zero-order valence-corrected chi connectivity index (χ0v) is 11.0. The molecule has 2 saturated heterocycles. The van der Waals surface area contributed by atoms with Crippen LogP contribution in [0.3, 0.4) is 0 Å². The molecule has 2 aliphatic rings. The molecule has 0 unspecified atom stereocenters. The summed E-state index contributed by atoms with van der Waals surface area (Å²) in [4.78, 5) is 29.8. The first-order valence-corrected chi connectivity index (χ1v) is 6.91. The van der Waals surface area contributed by atoms with Crippen LogP contribution in [0.1, 0.15) is 25.0 Å². The zero-order chi connectivity index (χ0) is 13.3. The lowest BCUT2D eigenvalue weighted by molar-refractivity contribution is 0.0966. The van der Waals surface area contributed by atoms with E-state index < -0.39 is 5.69 Å². The zero-order valence-electron chi connectivity index (χ0n) is 11.0. The number of piperidine rings is 1. The molecule has 3 heterocycles. The molecule has 2 aliphatic heterocycles.